The lowest BCUT2D eigenvalue weighted by molar-refractivity contribution is 0.123. The lowest BCUT2D eigenvalue weighted by Crippen LogP contribution is -2.49. The number of anilines is 1. The zero-order valence-electron chi connectivity index (χ0n) is 15.6. The first-order valence-electron chi connectivity index (χ1n) is 9.25. The van der Waals surface area contributed by atoms with E-state index in [4.69, 9.17) is 0 Å². The number of halogens is 1. The van der Waals surface area contributed by atoms with Crippen LogP contribution in [0.4, 0.5) is 10.2 Å². The Hall–Kier alpha value is -2.58. The van der Waals surface area contributed by atoms with Crippen molar-refractivity contribution in [2.24, 2.45) is 0 Å². The summed E-state index contributed by atoms with van der Waals surface area (Å²) < 4.78 is 15.7. The van der Waals surface area contributed by atoms with Gasteiger partial charge in [0.15, 0.2) is 11.5 Å². The van der Waals surface area contributed by atoms with Crippen molar-refractivity contribution in [1.29, 1.82) is 0 Å². The van der Waals surface area contributed by atoms with E-state index in [1.54, 1.807) is 22.7 Å². The third-order valence-corrected chi connectivity index (χ3v) is 5.12. The van der Waals surface area contributed by atoms with Crippen LogP contribution in [0.1, 0.15) is 6.92 Å². The van der Waals surface area contributed by atoms with E-state index in [9.17, 15) is 4.39 Å². The molecule has 1 aliphatic heterocycles. The van der Waals surface area contributed by atoms with Crippen molar-refractivity contribution in [1.82, 2.24) is 29.6 Å². The molecule has 1 aliphatic rings. The van der Waals surface area contributed by atoms with Crippen molar-refractivity contribution in [2.45, 2.75) is 13.0 Å². The molecule has 8 heteroatoms. The van der Waals surface area contributed by atoms with Crippen LogP contribution in [0.5, 0.6) is 0 Å². The molecule has 0 saturated carbocycles. The molecule has 3 heterocycles. The quantitative estimate of drug-likeness (QED) is 0.742. The number of fused-ring (bicyclic) bond motifs is 1. The summed E-state index contributed by atoms with van der Waals surface area (Å²) in [6, 6.07) is 10.7. The van der Waals surface area contributed by atoms with Gasteiger partial charge in [0, 0.05) is 38.8 Å². The maximum Gasteiger partial charge on any atom is 0.188 e. The molecule has 27 heavy (non-hydrogen) atoms. The molecular weight excluding hydrogens is 345 g/mol. The summed E-state index contributed by atoms with van der Waals surface area (Å²) in [6.07, 6.45) is 0. The first-order valence-corrected chi connectivity index (χ1v) is 9.25. The minimum absolute atomic E-state index is 0.337. The van der Waals surface area contributed by atoms with Gasteiger partial charge in [0.2, 0.25) is 0 Å². The molecule has 142 valence electrons. The Morgan fingerprint density at radius 1 is 1.07 bits per heavy atom. The Balaban J connectivity index is 1.50. The zero-order valence-corrected chi connectivity index (χ0v) is 15.6. The van der Waals surface area contributed by atoms with Crippen LogP contribution in [0, 0.1) is 5.82 Å². The van der Waals surface area contributed by atoms with E-state index < -0.39 is 0 Å². The molecule has 1 aromatic carbocycles. The monoisotopic (exact) mass is 369 g/mol. The van der Waals surface area contributed by atoms with Gasteiger partial charge < -0.3 is 10.2 Å². The standard InChI is InChI=1S/C19H24FN7/c1-14(26-11-9-25(2)10-12-26)13-21-17-7-8-18-22-23-19(27(18)24-17)15-5-3-4-6-16(15)20/h3-8,14H,9-13H2,1-2H3,(H,21,24). The van der Waals surface area contributed by atoms with Crippen LogP contribution in [0.3, 0.4) is 0 Å². The number of hydrogen-bond donors (Lipinski definition) is 1. The van der Waals surface area contributed by atoms with Gasteiger partial charge in [0.1, 0.15) is 11.6 Å². The van der Waals surface area contributed by atoms with E-state index >= 15 is 0 Å². The highest BCUT2D eigenvalue weighted by Gasteiger charge is 2.19. The Kier molecular flexibility index (Phi) is 5.00. The molecule has 1 saturated heterocycles. The van der Waals surface area contributed by atoms with E-state index in [0.717, 1.165) is 38.5 Å². The number of nitrogens with zero attached hydrogens (tertiary/aromatic N) is 6. The van der Waals surface area contributed by atoms with Gasteiger partial charge in [-0.25, -0.2) is 4.39 Å². The average Bonchev–Trinajstić information content (AvgIpc) is 3.10. The number of likely N-dealkylation sites (N-methyl/N-ethyl adjacent to an activating group) is 1. The molecule has 0 radical (unpaired) electrons. The number of aromatic nitrogens is 4. The molecule has 2 aromatic heterocycles. The van der Waals surface area contributed by atoms with Gasteiger partial charge in [0.25, 0.3) is 0 Å². The second-order valence-electron chi connectivity index (χ2n) is 7.06. The molecule has 0 spiro atoms. The summed E-state index contributed by atoms with van der Waals surface area (Å²) in [5.74, 6) is 0.787. The van der Waals surface area contributed by atoms with E-state index in [2.05, 4.69) is 44.4 Å². The molecule has 1 fully saturated rings. The lowest BCUT2D eigenvalue weighted by Gasteiger charge is -2.36. The maximum absolute atomic E-state index is 14.1. The Bertz CT molecular complexity index is 917. The molecule has 1 N–H and O–H groups in total. The van der Waals surface area contributed by atoms with Gasteiger partial charge in [-0.15, -0.1) is 15.3 Å². The predicted octanol–water partition coefficient (Wildman–Crippen LogP) is 1.98. The minimum Gasteiger partial charge on any atom is -0.367 e. The van der Waals surface area contributed by atoms with Gasteiger partial charge in [-0.1, -0.05) is 12.1 Å². The highest BCUT2D eigenvalue weighted by Crippen LogP contribution is 2.21. The molecule has 7 nitrogen and oxygen atoms in total. The number of rotatable bonds is 5. The highest BCUT2D eigenvalue weighted by atomic mass is 19.1. The Morgan fingerprint density at radius 2 is 1.85 bits per heavy atom. The number of nitrogens with one attached hydrogen (secondary N) is 1. The van der Waals surface area contributed by atoms with Gasteiger partial charge in [-0.05, 0) is 38.2 Å². The fraction of sp³-hybridized carbons (Fsp3) is 0.421. The van der Waals surface area contributed by atoms with Crippen LogP contribution in [0.25, 0.3) is 17.0 Å². The van der Waals surface area contributed by atoms with Crippen LogP contribution in [-0.4, -0.2) is 75.4 Å². The second-order valence-corrected chi connectivity index (χ2v) is 7.06. The van der Waals surface area contributed by atoms with E-state index in [-0.39, 0.29) is 5.82 Å². The molecule has 1 atom stereocenters. The van der Waals surface area contributed by atoms with E-state index in [1.165, 1.54) is 6.07 Å². The van der Waals surface area contributed by atoms with Crippen LogP contribution < -0.4 is 5.32 Å². The molecule has 0 amide bonds. The first-order chi connectivity index (χ1) is 13.1. The zero-order chi connectivity index (χ0) is 18.8. The predicted molar refractivity (Wildman–Crippen MR) is 103 cm³/mol. The van der Waals surface area contributed by atoms with Crippen LogP contribution in [-0.2, 0) is 0 Å². The minimum atomic E-state index is -0.337. The highest BCUT2D eigenvalue weighted by molar-refractivity contribution is 5.60. The summed E-state index contributed by atoms with van der Waals surface area (Å²) in [4.78, 5) is 4.83. The maximum atomic E-state index is 14.1. The molecule has 4 rings (SSSR count). The SMILES string of the molecule is CC(CNc1ccc2nnc(-c3ccccc3F)n2n1)N1CCN(C)CC1. The van der Waals surface area contributed by atoms with Crippen LogP contribution in [0.2, 0.25) is 0 Å². The second kappa shape index (κ2) is 7.58. The van der Waals surface area contributed by atoms with Gasteiger partial charge in [-0.3, -0.25) is 4.90 Å². The van der Waals surface area contributed by atoms with Crippen molar-refractivity contribution in [3.8, 4) is 11.4 Å². The van der Waals surface area contributed by atoms with Gasteiger partial charge in [0.05, 0.1) is 5.56 Å². The van der Waals surface area contributed by atoms with Crippen LogP contribution in [0.15, 0.2) is 36.4 Å². The summed E-state index contributed by atoms with van der Waals surface area (Å²) in [5, 5.41) is 16.2. The van der Waals surface area contributed by atoms with Crippen molar-refractivity contribution < 1.29 is 4.39 Å². The van der Waals surface area contributed by atoms with Gasteiger partial charge in [-0.2, -0.15) is 4.52 Å². The normalized spacial score (nSPS) is 17.3. The number of benzene rings is 1. The molecule has 0 bridgehead atoms. The van der Waals surface area contributed by atoms with Crippen molar-refractivity contribution in [3.63, 3.8) is 0 Å². The molecule has 1 unspecified atom stereocenters. The molecule has 0 aliphatic carbocycles. The topological polar surface area (TPSA) is 61.6 Å². The summed E-state index contributed by atoms with van der Waals surface area (Å²) in [5.41, 5.74) is 0.978. The largest absolute Gasteiger partial charge is 0.367 e. The van der Waals surface area contributed by atoms with Crippen LogP contribution >= 0.6 is 0 Å². The summed E-state index contributed by atoms with van der Waals surface area (Å²) >= 11 is 0. The third kappa shape index (κ3) is 3.77. The van der Waals surface area contributed by atoms with Crippen molar-refractivity contribution in [2.75, 3.05) is 45.1 Å². The lowest BCUT2D eigenvalue weighted by atomic mass is 10.2. The number of hydrogen-bond acceptors (Lipinski definition) is 6. The van der Waals surface area contributed by atoms with Gasteiger partial charge >= 0.3 is 0 Å². The summed E-state index contributed by atoms with van der Waals surface area (Å²) in [6.45, 7) is 7.37. The Morgan fingerprint density at radius 3 is 2.63 bits per heavy atom. The van der Waals surface area contributed by atoms with Crippen molar-refractivity contribution in [3.05, 3.63) is 42.2 Å². The molecule has 3 aromatic rings. The first kappa shape index (κ1) is 17.8. The van der Waals surface area contributed by atoms with E-state index in [0.29, 0.717) is 23.1 Å². The van der Waals surface area contributed by atoms with E-state index in [1.807, 2.05) is 12.1 Å². The number of piperazine rings is 1. The fourth-order valence-corrected chi connectivity index (χ4v) is 3.34. The fourth-order valence-electron chi connectivity index (χ4n) is 3.34. The average molecular weight is 369 g/mol. The third-order valence-electron chi connectivity index (χ3n) is 5.12. The molecular formula is C19H24FN7. The summed E-state index contributed by atoms with van der Waals surface area (Å²) in [7, 11) is 2.16. The van der Waals surface area contributed by atoms with Crippen molar-refractivity contribution >= 4 is 11.5 Å². The Labute approximate surface area is 157 Å². The smallest absolute Gasteiger partial charge is 0.188 e.